The molecule has 2 aromatic carbocycles. The number of nitrogens with zero attached hydrogens (tertiary/aromatic N) is 4. The van der Waals surface area contributed by atoms with Crippen LogP contribution in [-0.4, -0.2) is 31.7 Å². The number of aromatic nitrogens is 4. The van der Waals surface area contributed by atoms with Crippen molar-refractivity contribution in [1.29, 1.82) is 0 Å². The van der Waals surface area contributed by atoms with Gasteiger partial charge in [-0.1, -0.05) is 43.0 Å². The van der Waals surface area contributed by atoms with Crippen LogP contribution < -0.4 is 16.0 Å². The Kier molecular flexibility index (Phi) is 5.71. The van der Waals surface area contributed by atoms with Crippen LogP contribution in [0, 0.1) is 0 Å². The average molecular weight is 423 g/mol. The van der Waals surface area contributed by atoms with E-state index in [2.05, 4.69) is 10.2 Å². The smallest absolute Gasteiger partial charge is 0.262 e. The molecule has 0 aliphatic rings. The molecule has 2 aromatic heterocycles. The molecule has 0 spiro atoms. The van der Waals surface area contributed by atoms with E-state index in [0.29, 0.717) is 34.4 Å². The molecule has 0 fully saturated rings. The van der Waals surface area contributed by atoms with E-state index in [0.717, 1.165) is 17.5 Å². The molecule has 154 valence electrons. The molecule has 8 nitrogen and oxygen atoms in total. The third-order valence-electron chi connectivity index (χ3n) is 4.57. The Morgan fingerprint density at radius 2 is 2.00 bits per heavy atom. The molecular formula is C21H21N5O3S. The van der Waals surface area contributed by atoms with E-state index in [1.165, 1.54) is 11.8 Å². The fourth-order valence-electron chi connectivity index (χ4n) is 3.28. The number of nitrogens with two attached hydrogens (primary N) is 1. The minimum absolute atomic E-state index is 0.0526. The number of carbonyl (C=O) groups is 1. The van der Waals surface area contributed by atoms with E-state index < -0.39 is 5.91 Å². The molecule has 30 heavy (non-hydrogen) atoms. The van der Waals surface area contributed by atoms with Gasteiger partial charge in [-0.25, -0.2) is 0 Å². The highest BCUT2D eigenvalue weighted by molar-refractivity contribution is 7.98. The van der Waals surface area contributed by atoms with Gasteiger partial charge in [-0.15, -0.1) is 10.2 Å². The second kappa shape index (κ2) is 8.58. The largest absolute Gasteiger partial charge is 0.484 e. The highest BCUT2D eigenvalue weighted by atomic mass is 32.2. The fourth-order valence-corrected chi connectivity index (χ4v) is 4.16. The second-order valence-corrected chi connectivity index (χ2v) is 7.73. The second-order valence-electron chi connectivity index (χ2n) is 6.78. The molecule has 9 heteroatoms. The molecule has 0 aliphatic carbocycles. The van der Waals surface area contributed by atoms with E-state index in [9.17, 15) is 9.59 Å². The summed E-state index contributed by atoms with van der Waals surface area (Å²) in [6, 6.07) is 15.0. The summed E-state index contributed by atoms with van der Waals surface area (Å²) in [5, 5.41) is 10.0. The lowest BCUT2D eigenvalue weighted by atomic mass is 10.2. The van der Waals surface area contributed by atoms with E-state index in [4.69, 9.17) is 10.5 Å². The minimum atomic E-state index is -0.519. The van der Waals surface area contributed by atoms with Gasteiger partial charge in [0, 0.05) is 12.3 Å². The third kappa shape index (κ3) is 3.88. The zero-order valence-corrected chi connectivity index (χ0v) is 17.3. The Morgan fingerprint density at radius 3 is 2.80 bits per heavy atom. The molecule has 0 atom stereocenters. The van der Waals surface area contributed by atoms with Crippen molar-refractivity contribution in [3.63, 3.8) is 0 Å². The molecule has 2 heterocycles. The Hall–Kier alpha value is -3.33. The molecule has 4 aromatic rings. The van der Waals surface area contributed by atoms with Crippen molar-refractivity contribution in [2.75, 3.05) is 6.61 Å². The van der Waals surface area contributed by atoms with Gasteiger partial charge in [-0.3, -0.25) is 18.6 Å². The lowest BCUT2D eigenvalue weighted by Gasteiger charge is -2.10. The summed E-state index contributed by atoms with van der Waals surface area (Å²) in [4.78, 5) is 23.8. The van der Waals surface area contributed by atoms with Crippen molar-refractivity contribution < 1.29 is 9.53 Å². The van der Waals surface area contributed by atoms with E-state index in [-0.39, 0.29) is 12.2 Å². The van der Waals surface area contributed by atoms with Crippen LogP contribution >= 0.6 is 11.8 Å². The number of primary amides is 1. The van der Waals surface area contributed by atoms with Gasteiger partial charge in [0.1, 0.15) is 5.75 Å². The van der Waals surface area contributed by atoms with Gasteiger partial charge in [-0.2, -0.15) is 0 Å². The maximum absolute atomic E-state index is 12.9. The standard InChI is InChI=1S/C21H21N5O3S/c1-2-10-25-19(28)16-8-3-4-9-17(16)26-20(25)23-24-21(26)30-13-14-6-5-7-15(11-14)29-12-18(22)27/h3-9,11H,2,10,12-13H2,1H3,(H2,22,27). The van der Waals surface area contributed by atoms with Crippen LogP contribution in [0.3, 0.4) is 0 Å². The van der Waals surface area contributed by atoms with Gasteiger partial charge in [0.2, 0.25) is 5.78 Å². The van der Waals surface area contributed by atoms with Crippen LogP contribution in [0.15, 0.2) is 58.5 Å². The first-order chi connectivity index (χ1) is 14.6. The maximum Gasteiger partial charge on any atom is 0.262 e. The van der Waals surface area contributed by atoms with Gasteiger partial charge >= 0.3 is 0 Å². The Bertz CT molecular complexity index is 1280. The van der Waals surface area contributed by atoms with Gasteiger partial charge in [0.15, 0.2) is 11.8 Å². The van der Waals surface area contributed by atoms with Crippen molar-refractivity contribution >= 4 is 34.3 Å². The quantitative estimate of drug-likeness (QED) is 0.437. The van der Waals surface area contributed by atoms with E-state index in [1.807, 2.05) is 53.8 Å². The summed E-state index contributed by atoms with van der Waals surface area (Å²) < 4.78 is 8.99. The zero-order chi connectivity index (χ0) is 21.1. The first kappa shape index (κ1) is 20.0. The number of carbonyl (C=O) groups excluding carboxylic acids is 1. The minimum Gasteiger partial charge on any atom is -0.484 e. The first-order valence-corrected chi connectivity index (χ1v) is 10.6. The molecule has 0 unspecified atom stereocenters. The summed E-state index contributed by atoms with van der Waals surface area (Å²) in [5.41, 5.74) is 6.87. The van der Waals surface area contributed by atoms with Gasteiger partial charge < -0.3 is 10.5 Å². The number of para-hydroxylation sites is 1. The molecule has 0 aliphatic heterocycles. The number of hydrogen-bond acceptors (Lipinski definition) is 6. The van der Waals surface area contributed by atoms with Gasteiger partial charge in [0.05, 0.1) is 10.9 Å². The fraction of sp³-hybridized carbons (Fsp3) is 0.238. The van der Waals surface area contributed by atoms with Crippen LogP contribution in [0.4, 0.5) is 0 Å². The highest BCUT2D eigenvalue weighted by Crippen LogP contribution is 2.26. The van der Waals surface area contributed by atoms with Crippen LogP contribution in [0.25, 0.3) is 16.7 Å². The monoisotopic (exact) mass is 423 g/mol. The Balaban J connectivity index is 1.68. The van der Waals surface area contributed by atoms with Crippen molar-refractivity contribution in [1.82, 2.24) is 19.2 Å². The van der Waals surface area contributed by atoms with Gasteiger partial charge in [0.25, 0.3) is 11.5 Å². The van der Waals surface area contributed by atoms with Crippen LogP contribution in [-0.2, 0) is 17.1 Å². The summed E-state index contributed by atoms with van der Waals surface area (Å²) in [6.07, 6.45) is 0.821. The lowest BCUT2D eigenvalue weighted by Crippen LogP contribution is -2.23. The number of ether oxygens (including phenoxy) is 1. The molecule has 1 amide bonds. The van der Waals surface area contributed by atoms with Crippen LogP contribution in [0.2, 0.25) is 0 Å². The van der Waals surface area contributed by atoms with Crippen molar-refractivity contribution in [3.8, 4) is 5.75 Å². The summed E-state index contributed by atoms with van der Waals surface area (Å²) in [6.45, 7) is 2.44. The molecule has 0 saturated carbocycles. The van der Waals surface area contributed by atoms with Crippen molar-refractivity contribution in [2.24, 2.45) is 5.73 Å². The third-order valence-corrected chi connectivity index (χ3v) is 5.57. The normalized spacial score (nSPS) is 11.2. The number of amides is 1. The van der Waals surface area contributed by atoms with E-state index in [1.54, 1.807) is 10.6 Å². The summed E-state index contributed by atoms with van der Waals surface area (Å²) in [7, 11) is 0. The molecule has 0 radical (unpaired) electrons. The Morgan fingerprint density at radius 1 is 1.17 bits per heavy atom. The summed E-state index contributed by atoms with van der Waals surface area (Å²) in [5.74, 6) is 1.23. The summed E-state index contributed by atoms with van der Waals surface area (Å²) >= 11 is 1.52. The van der Waals surface area contributed by atoms with Crippen LogP contribution in [0.5, 0.6) is 5.75 Å². The first-order valence-electron chi connectivity index (χ1n) is 9.58. The average Bonchev–Trinajstić information content (AvgIpc) is 3.18. The number of aryl methyl sites for hydroxylation is 1. The number of fused-ring (bicyclic) bond motifs is 3. The Labute approximate surface area is 176 Å². The zero-order valence-electron chi connectivity index (χ0n) is 16.4. The lowest BCUT2D eigenvalue weighted by molar-refractivity contribution is -0.119. The molecule has 0 bridgehead atoms. The number of benzene rings is 2. The molecule has 2 N–H and O–H groups in total. The van der Waals surface area contributed by atoms with E-state index >= 15 is 0 Å². The highest BCUT2D eigenvalue weighted by Gasteiger charge is 2.16. The number of rotatable bonds is 8. The topological polar surface area (TPSA) is 105 Å². The number of hydrogen-bond donors (Lipinski definition) is 1. The SMILES string of the molecule is CCCn1c(=O)c2ccccc2n2c(SCc3cccc(OCC(N)=O)c3)nnc12. The van der Waals surface area contributed by atoms with Crippen molar-refractivity contribution in [2.45, 2.75) is 30.8 Å². The predicted octanol–water partition coefficient (Wildman–Crippen LogP) is 2.61. The molecule has 0 saturated heterocycles. The van der Waals surface area contributed by atoms with Gasteiger partial charge in [-0.05, 0) is 36.2 Å². The molecule has 4 rings (SSSR count). The maximum atomic E-state index is 12.9. The number of thioether (sulfide) groups is 1. The predicted molar refractivity (Wildman–Crippen MR) is 116 cm³/mol. The van der Waals surface area contributed by atoms with Crippen LogP contribution in [0.1, 0.15) is 18.9 Å². The van der Waals surface area contributed by atoms with Crippen molar-refractivity contribution in [3.05, 3.63) is 64.4 Å². The molecular weight excluding hydrogens is 402 g/mol.